The summed E-state index contributed by atoms with van der Waals surface area (Å²) in [5.41, 5.74) is 4.19. The van der Waals surface area contributed by atoms with Crippen LogP contribution in [0.1, 0.15) is 11.1 Å². The molecule has 0 amide bonds. The largest absolute Gasteiger partial charge is 0.324 e. The first-order valence-corrected chi connectivity index (χ1v) is 9.71. The smallest absolute Gasteiger partial charge is 0.243 e. The van der Waals surface area contributed by atoms with E-state index in [9.17, 15) is 16.8 Å². The highest BCUT2D eigenvalue weighted by molar-refractivity contribution is 7.91. The van der Waals surface area contributed by atoms with E-state index in [0.29, 0.717) is 16.8 Å². The van der Waals surface area contributed by atoms with Crippen LogP contribution in [0.3, 0.4) is 0 Å². The van der Waals surface area contributed by atoms with Crippen molar-refractivity contribution in [3.8, 4) is 0 Å². The summed E-state index contributed by atoms with van der Waals surface area (Å²) in [4.78, 5) is 0.178. The van der Waals surface area contributed by atoms with Crippen molar-refractivity contribution in [2.75, 3.05) is 31.0 Å². The number of anilines is 1. The molecule has 1 aromatic carbocycles. The Kier molecular flexibility index (Phi) is 5.37. The summed E-state index contributed by atoms with van der Waals surface area (Å²) in [6.07, 6.45) is 1.08. The second-order valence-corrected chi connectivity index (χ2v) is 9.28. The lowest BCUT2D eigenvalue weighted by molar-refractivity contribution is 0.484. The molecule has 1 aromatic rings. The minimum Gasteiger partial charge on any atom is -0.324 e. The van der Waals surface area contributed by atoms with Gasteiger partial charge in [-0.25, -0.2) is 16.8 Å². The van der Waals surface area contributed by atoms with Crippen molar-refractivity contribution >= 4 is 25.5 Å². The molecule has 0 aliphatic heterocycles. The summed E-state index contributed by atoms with van der Waals surface area (Å²) in [7, 11) is -5.60. The van der Waals surface area contributed by atoms with Crippen molar-refractivity contribution in [1.29, 1.82) is 0 Å². The van der Waals surface area contributed by atoms with Gasteiger partial charge in [-0.3, -0.25) is 5.84 Å². The van der Waals surface area contributed by atoms with Crippen molar-refractivity contribution in [2.45, 2.75) is 18.7 Å². The predicted octanol–water partition coefficient (Wildman–Crippen LogP) is 0.254. The Hall–Kier alpha value is -1.16. The van der Waals surface area contributed by atoms with Gasteiger partial charge in [0.1, 0.15) is 9.84 Å². The van der Waals surface area contributed by atoms with Crippen LogP contribution in [0.4, 0.5) is 5.69 Å². The van der Waals surface area contributed by atoms with Gasteiger partial charge in [0.05, 0.1) is 10.6 Å². The molecular formula is C12H21N3O4S2. The van der Waals surface area contributed by atoms with Crippen LogP contribution in [-0.4, -0.2) is 46.7 Å². The van der Waals surface area contributed by atoms with Crippen LogP contribution in [0.2, 0.25) is 0 Å². The lowest BCUT2D eigenvalue weighted by atomic mass is 10.1. The highest BCUT2D eigenvalue weighted by Crippen LogP contribution is 2.26. The van der Waals surface area contributed by atoms with Crippen molar-refractivity contribution in [3.05, 3.63) is 23.3 Å². The fourth-order valence-electron chi connectivity index (χ4n) is 2.01. The second-order valence-electron chi connectivity index (χ2n) is 5.04. The zero-order valence-corrected chi connectivity index (χ0v) is 14.2. The van der Waals surface area contributed by atoms with Gasteiger partial charge < -0.3 is 5.43 Å². The van der Waals surface area contributed by atoms with E-state index in [0.717, 1.165) is 10.6 Å². The Bertz CT molecular complexity index is 704. The van der Waals surface area contributed by atoms with E-state index in [1.54, 1.807) is 26.0 Å². The number of nitrogens with one attached hydrogen (secondary N) is 1. The summed E-state index contributed by atoms with van der Waals surface area (Å²) in [6, 6.07) is 3.26. The van der Waals surface area contributed by atoms with E-state index < -0.39 is 19.9 Å². The summed E-state index contributed by atoms with van der Waals surface area (Å²) in [5, 5.41) is 0. The molecule has 0 radical (unpaired) electrons. The van der Waals surface area contributed by atoms with Crippen molar-refractivity contribution < 1.29 is 16.8 Å². The normalized spacial score (nSPS) is 12.7. The molecule has 1 rings (SSSR count). The van der Waals surface area contributed by atoms with E-state index >= 15 is 0 Å². The number of nitrogens with two attached hydrogens (primary N) is 1. The maximum Gasteiger partial charge on any atom is 0.243 e. The minimum absolute atomic E-state index is 0.0864. The summed E-state index contributed by atoms with van der Waals surface area (Å²) >= 11 is 0. The minimum atomic E-state index is -3.75. The first kappa shape index (κ1) is 17.9. The van der Waals surface area contributed by atoms with E-state index in [-0.39, 0.29) is 17.2 Å². The lowest BCUT2D eigenvalue weighted by Crippen LogP contribution is -2.32. The van der Waals surface area contributed by atoms with E-state index in [4.69, 9.17) is 5.84 Å². The molecular weight excluding hydrogens is 314 g/mol. The number of aryl methyl sites for hydroxylation is 2. The molecule has 0 spiro atoms. The third-order valence-corrected chi connectivity index (χ3v) is 6.16. The zero-order valence-electron chi connectivity index (χ0n) is 12.5. The number of benzene rings is 1. The van der Waals surface area contributed by atoms with Gasteiger partial charge in [0, 0.05) is 25.5 Å². The average molecular weight is 335 g/mol. The van der Waals surface area contributed by atoms with Crippen LogP contribution in [0.25, 0.3) is 0 Å². The molecule has 0 bridgehead atoms. The van der Waals surface area contributed by atoms with Crippen LogP contribution in [-0.2, 0) is 19.9 Å². The van der Waals surface area contributed by atoms with Crippen LogP contribution in [0.15, 0.2) is 17.0 Å². The molecule has 120 valence electrons. The van der Waals surface area contributed by atoms with Gasteiger partial charge in [0.15, 0.2) is 0 Å². The maximum atomic E-state index is 12.6. The van der Waals surface area contributed by atoms with Crippen molar-refractivity contribution in [2.24, 2.45) is 5.84 Å². The van der Waals surface area contributed by atoms with Crippen molar-refractivity contribution in [3.63, 3.8) is 0 Å². The molecule has 0 aliphatic rings. The number of rotatable bonds is 6. The SMILES string of the molecule is Cc1cc(NN)cc(C)c1S(=O)(=O)N(C)CCS(C)(=O)=O. The molecule has 7 nitrogen and oxygen atoms in total. The molecule has 21 heavy (non-hydrogen) atoms. The summed E-state index contributed by atoms with van der Waals surface area (Å²) in [5.74, 6) is 5.11. The first-order chi connectivity index (χ1) is 9.49. The highest BCUT2D eigenvalue weighted by Gasteiger charge is 2.25. The number of hydrogen-bond acceptors (Lipinski definition) is 6. The van der Waals surface area contributed by atoms with Crippen LogP contribution in [0, 0.1) is 13.8 Å². The number of hydrogen-bond donors (Lipinski definition) is 2. The third-order valence-electron chi connectivity index (χ3n) is 3.07. The Morgan fingerprint density at radius 1 is 1.14 bits per heavy atom. The van der Waals surface area contributed by atoms with Crippen molar-refractivity contribution in [1.82, 2.24) is 4.31 Å². The van der Waals surface area contributed by atoms with Gasteiger partial charge in [-0.1, -0.05) is 0 Å². The first-order valence-electron chi connectivity index (χ1n) is 6.21. The van der Waals surface area contributed by atoms with Crippen LogP contribution in [0.5, 0.6) is 0 Å². The molecule has 0 saturated heterocycles. The standard InChI is InChI=1S/C12H21N3O4S2/c1-9-7-11(14-13)8-10(2)12(9)21(18,19)15(3)5-6-20(4,16)17/h7-8,14H,5-6,13H2,1-4H3. The fourth-order valence-corrected chi connectivity index (χ4v) is 4.31. The van der Waals surface area contributed by atoms with Gasteiger partial charge in [-0.15, -0.1) is 0 Å². The maximum absolute atomic E-state index is 12.6. The summed E-state index contributed by atoms with van der Waals surface area (Å²) < 4.78 is 48.5. The molecule has 0 aromatic heterocycles. The van der Waals surface area contributed by atoms with Gasteiger partial charge in [-0.05, 0) is 37.1 Å². The second kappa shape index (κ2) is 6.30. The molecule has 9 heteroatoms. The molecule has 0 heterocycles. The average Bonchev–Trinajstić information content (AvgIpc) is 2.33. The van der Waals surface area contributed by atoms with Gasteiger partial charge in [0.2, 0.25) is 10.0 Å². The number of sulfone groups is 1. The Balaban J connectivity index is 3.19. The third kappa shape index (κ3) is 4.40. The van der Waals surface area contributed by atoms with Gasteiger partial charge >= 0.3 is 0 Å². The van der Waals surface area contributed by atoms with E-state index in [1.807, 2.05) is 0 Å². The molecule has 3 N–H and O–H groups in total. The predicted molar refractivity (Wildman–Crippen MR) is 83.3 cm³/mol. The highest BCUT2D eigenvalue weighted by atomic mass is 32.2. The van der Waals surface area contributed by atoms with Crippen LogP contribution >= 0.6 is 0 Å². The molecule has 0 aliphatic carbocycles. The van der Waals surface area contributed by atoms with E-state index in [2.05, 4.69) is 5.43 Å². The topological polar surface area (TPSA) is 110 Å². The molecule has 0 saturated carbocycles. The summed E-state index contributed by atoms with van der Waals surface area (Å²) in [6.45, 7) is 3.26. The monoisotopic (exact) mass is 335 g/mol. The molecule has 0 atom stereocenters. The zero-order chi connectivity index (χ0) is 16.4. The van der Waals surface area contributed by atoms with Gasteiger partial charge in [-0.2, -0.15) is 4.31 Å². The number of hydrazine groups is 1. The van der Waals surface area contributed by atoms with E-state index in [1.165, 1.54) is 7.05 Å². The van der Waals surface area contributed by atoms with Gasteiger partial charge in [0.25, 0.3) is 0 Å². The number of sulfonamides is 1. The Labute approximate surface area is 126 Å². The Morgan fingerprint density at radius 3 is 2.00 bits per heavy atom. The number of nitrogen functional groups attached to an aromatic ring is 1. The number of nitrogens with zero attached hydrogens (tertiary/aromatic N) is 1. The molecule has 0 fully saturated rings. The quantitative estimate of drug-likeness (QED) is 0.570. The molecule has 0 unspecified atom stereocenters. The Morgan fingerprint density at radius 2 is 1.62 bits per heavy atom. The van der Waals surface area contributed by atoms with Crippen LogP contribution < -0.4 is 11.3 Å². The fraction of sp³-hybridized carbons (Fsp3) is 0.500. The lowest BCUT2D eigenvalue weighted by Gasteiger charge is -2.20.